The highest BCUT2D eigenvalue weighted by molar-refractivity contribution is 7.89. The standard InChI is InChI=1S/C26H30N4O5S/c1-34-22-7-5-21(6-8-22)27-26(31)20-3-2-12-29(18-20)25-11-4-19-17-23(9-10-24(19)28-25)36(32,33)30-13-15-35-16-14-30/h4-11,17,20H,2-3,12-16,18H2,1H3,(H,27,31)/t20-/m0/s1. The van der Waals surface area contributed by atoms with Crippen LogP contribution in [0, 0.1) is 5.92 Å². The number of nitrogens with zero attached hydrogens (tertiary/aromatic N) is 3. The Bertz CT molecular complexity index is 1340. The van der Waals surface area contributed by atoms with Gasteiger partial charge in [-0.2, -0.15) is 4.31 Å². The van der Waals surface area contributed by atoms with Crippen molar-refractivity contribution in [1.82, 2.24) is 9.29 Å². The molecule has 3 heterocycles. The smallest absolute Gasteiger partial charge is 0.243 e. The summed E-state index contributed by atoms with van der Waals surface area (Å²) in [6.07, 6.45) is 1.70. The minimum absolute atomic E-state index is 0.0105. The Balaban J connectivity index is 1.29. The summed E-state index contributed by atoms with van der Waals surface area (Å²) < 4.78 is 37.9. The number of morpholine rings is 1. The van der Waals surface area contributed by atoms with E-state index in [1.165, 1.54) is 4.31 Å². The van der Waals surface area contributed by atoms with Gasteiger partial charge in [0.05, 0.1) is 36.7 Å². The number of carbonyl (C=O) groups excluding carboxylic acids is 1. The van der Waals surface area contributed by atoms with Gasteiger partial charge in [-0.15, -0.1) is 0 Å². The third-order valence-corrected chi connectivity index (χ3v) is 8.62. The first-order valence-corrected chi connectivity index (χ1v) is 13.6. The fourth-order valence-electron chi connectivity index (χ4n) is 4.68. The molecule has 2 saturated heterocycles. The topological polar surface area (TPSA) is 101 Å². The van der Waals surface area contributed by atoms with E-state index in [0.29, 0.717) is 32.8 Å². The van der Waals surface area contributed by atoms with Crippen LogP contribution in [0.2, 0.25) is 0 Å². The summed E-state index contributed by atoms with van der Waals surface area (Å²) >= 11 is 0. The molecule has 0 saturated carbocycles. The van der Waals surface area contributed by atoms with Gasteiger partial charge in [0.25, 0.3) is 0 Å². The number of ether oxygens (including phenoxy) is 2. The molecule has 2 fully saturated rings. The molecule has 0 aliphatic carbocycles. The van der Waals surface area contributed by atoms with Crippen LogP contribution in [0.25, 0.3) is 10.9 Å². The Hall–Kier alpha value is -3.21. The summed E-state index contributed by atoms with van der Waals surface area (Å²) in [4.78, 5) is 20.1. The molecule has 36 heavy (non-hydrogen) atoms. The lowest BCUT2D eigenvalue weighted by molar-refractivity contribution is -0.120. The summed E-state index contributed by atoms with van der Waals surface area (Å²) in [5, 5.41) is 3.76. The molecule has 3 aromatic rings. The first-order chi connectivity index (χ1) is 17.4. The highest BCUT2D eigenvalue weighted by atomic mass is 32.2. The number of piperidine rings is 1. The number of hydrogen-bond donors (Lipinski definition) is 1. The number of sulfonamides is 1. The molecule has 0 bridgehead atoms. The van der Waals surface area contributed by atoms with E-state index in [1.54, 1.807) is 25.3 Å². The molecular weight excluding hydrogens is 480 g/mol. The summed E-state index contributed by atoms with van der Waals surface area (Å²) in [6, 6.07) is 16.1. The van der Waals surface area contributed by atoms with E-state index >= 15 is 0 Å². The van der Waals surface area contributed by atoms with E-state index in [4.69, 9.17) is 14.5 Å². The van der Waals surface area contributed by atoms with Gasteiger partial charge in [-0.05, 0) is 67.4 Å². The van der Waals surface area contributed by atoms with Crippen molar-refractivity contribution in [2.24, 2.45) is 5.92 Å². The molecule has 2 aromatic carbocycles. The van der Waals surface area contributed by atoms with Crippen molar-refractivity contribution in [3.63, 3.8) is 0 Å². The number of carbonyl (C=O) groups is 1. The largest absolute Gasteiger partial charge is 0.497 e. The lowest BCUT2D eigenvalue weighted by Gasteiger charge is -2.33. The number of aromatic nitrogens is 1. The lowest BCUT2D eigenvalue weighted by Crippen LogP contribution is -2.41. The molecule has 2 aliphatic rings. The first-order valence-electron chi connectivity index (χ1n) is 12.1. The van der Waals surface area contributed by atoms with Gasteiger partial charge < -0.3 is 19.7 Å². The molecule has 1 aromatic heterocycles. The van der Waals surface area contributed by atoms with E-state index in [0.717, 1.165) is 47.5 Å². The van der Waals surface area contributed by atoms with Crippen LogP contribution < -0.4 is 15.0 Å². The second-order valence-corrected chi connectivity index (χ2v) is 11.0. The molecule has 0 spiro atoms. The number of amides is 1. The second-order valence-electron chi connectivity index (χ2n) is 9.04. The summed E-state index contributed by atoms with van der Waals surface area (Å²) in [5.74, 6) is 1.36. The van der Waals surface area contributed by atoms with Crippen LogP contribution >= 0.6 is 0 Å². The van der Waals surface area contributed by atoms with Gasteiger partial charge in [0.2, 0.25) is 15.9 Å². The first kappa shape index (κ1) is 24.5. The highest BCUT2D eigenvalue weighted by Crippen LogP contribution is 2.27. The number of rotatable bonds is 6. The van der Waals surface area contributed by atoms with Gasteiger partial charge in [-0.1, -0.05) is 0 Å². The van der Waals surface area contributed by atoms with E-state index in [9.17, 15) is 13.2 Å². The average Bonchev–Trinajstić information content (AvgIpc) is 2.93. The van der Waals surface area contributed by atoms with Crippen molar-refractivity contribution in [2.45, 2.75) is 17.7 Å². The number of fused-ring (bicyclic) bond motifs is 1. The van der Waals surface area contributed by atoms with Crippen LogP contribution in [0.15, 0.2) is 59.5 Å². The van der Waals surface area contributed by atoms with E-state index < -0.39 is 10.0 Å². The Kier molecular flexibility index (Phi) is 7.08. The van der Waals surface area contributed by atoms with Crippen LogP contribution in [0.3, 0.4) is 0 Å². The minimum atomic E-state index is -3.57. The van der Waals surface area contributed by atoms with Crippen LogP contribution in [-0.2, 0) is 19.6 Å². The Morgan fingerprint density at radius 2 is 1.83 bits per heavy atom. The molecular formula is C26H30N4O5S. The number of hydrogen-bond acceptors (Lipinski definition) is 7. The molecule has 1 atom stereocenters. The van der Waals surface area contributed by atoms with Crippen molar-refractivity contribution < 1.29 is 22.7 Å². The fraction of sp³-hybridized carbons (Fsp3) is 0.385. The summed E-state index contributed by atoms with van der Waals surface area (Å²) in [6.45, 7) is 2.93. The molecule has 0 radical (unpaired) electrons. The van der Waals surface area contributed by atoms with Gasteiger partial charge in [-0.25, -0.2) is 13.4 Å². The number of anilines is 2. The number of methoxy groups -OCH3 is 1. The van der Waals surface area contributed by atoms with Crippen LogP contribution in [0.1, 0.15) is 12.8 Å². The fourth-order valence-corrected chi connectivity index (χ4v) is 6.13. The van der Waals surface area contributed by atoms with E-state index in [2.05, 4.69) is 10.2 Å². The number of pyridine rings is 1. The average molecular weight is 511 g/mol. The van der Waals surface area contributed by atoms with Gasteiger partial charge in [0.15, 0.2) is 0 Å². The van der Waals surface area contributed by atoms with Gasteiger partial charge >= 0.3 is 0 Å². The van der Waals surface area contributed by atoms with Gasteiger partial charge in [0.1, 0.15) is 11.6 Å². The van der Waals surface area contributed by atoms with Crippen molar-refractivity contribution in [3.8, 4) is 5.75 Å². The summed E-state index contributed by atoms with van der Waals surface area (Å²) in [5.41, 5.74) is 1.46. The molecule has 10 heteroatoms. The monoisotopic (exact) mass is 510 g/mol. The lowest BCUT2D eigenvalue weighted by atomic mass is 9.97. The van der Waals surface area contributed by atoms with Crippen LogP contribution in [0.4, 0.5) is 11.5 Å². The third kappa shape index (κ3) is 5.16. The SMILES string of the molecule is COc1ccc(NC(=O)[C@H]2CCCN(c3ccc4cc(S(=O)(=O)N5CCOCC5)ccc4n3)C2)cc1. The molecule has 0 unspecified atom stereocenters. The second kappa shape index (κ2) is 10.4. The van der Waals surface area contributed by atoms with Crippen molar-refractivity contribution in [3.05, 3.63) is 54.6 Å². The summed E-state index contributed by atoms with van der Waals surface area (Å²) in [7, 11) is -1.96. The Morgan fingerprint density at radius 1 is 1.06 bits per heavy atom. The van der Waals surface area contributed by atoms with Crippen LogP contribution in [0.5, 0.6) is 5.75 Å². The zero-order valence-electron chi connectivity index (χ0n) is 20.2. The van der Waals surface area contributed by atoms with Crippen LogP contribution in [-0.4, -0.2) is 70.1 Å². The predicted octanol–water partition coefficient (Wildman–Crippen LogP) is 3.12. The van der Waals surface area contributed by atoms with Crippen molar-refractivity contribution in [2.75, 3.05) is 56.7 Å². The van der Waals surface area contributed by atoms with Gasteiger partial charge in [0, 0.05) is 37.3 Å². The molecule has 190 valence electrons. The highest BCUT2D eigenvalue weighted by Gasteiger charge is 2.28. The zero-order valence-corrected chi connectivity index (χ0v) is 21.0. The van der Waals surface area contributed by atoms with E-state index in [1.807, 2.05) is 36.4 Å². The number of benzene rings is 2. The predicted molar refractivity (Wildman–Crippen MR) is 138 cm³/mol. The molecule has 1 amide bonds. The Labute approximate surface area is 211 Å². The normalized spacial score (nSPS) is 19.2. The molecule has 5 rings (SSSR count). The minimum Gasteiger partial charge on any atom is -0.497 e. The maximum Gasteiger partial charge on any atom is 0.243 e. The van der Waals surface area contributed by atoms with Gasteiger partial charge in [-0.3, -0.25) is 4.79 Å². The third-order valence-electron chi connectivity index (χ3n) is 6.73. The maximum atomic E-state index is 13.0. The molecule has 1 N–H and O–H groups in total. The molecule has 2 aliphatic heterocycles. The Morgan fingerprint density at radius 3 is 2.58 bits per heavy atom. The quantitative estimate of drug-likeness (QED) is 0.544. The van der Waals surface area contributed by atoms with Crippen molar-refractivity contribution in [1.29, 1.82) is 0 Å². The molecule has 9 nitrogen and oxygen atoms in total. The van der Waals surface area contributed by atoms with Crippen molar-refractivity contribution >= 4 is 38.3 Å². The maximum absolute atomic E-state index is 13.0. The zero-order chi connectivity index (χ0) is 25.1. The van der Waals surface area contributed by atoms with E-state index in [-0.39, 0.29) is 16.7 Å². The number of nitrogens with one attached hydrogen (secondary N) is 1.